The van der Waals surface area contributed by atoms with E-state index in [2.05, 4.69) is 19.9 Å². The van der Waals surface area contributed by atoms with E-state index in [1.807, 2.05) is 0 Å². The SMILES string of the molecule is CC1CC(C)CC(C2=CC(N)CCC2)C1. The Morgan fingerprint density at radius 1 is 1.13 bits per heavy atom. The van der Waals surface area contributed by atoms with Crippen molar-refractivity contribution in [2.24, 2.45) is 23.5 Å². The maximum Gasteiger partial charge on any atom is 0.0226 e. The summed E-state index contributed by atoms with van der Waals surface area (Å²) in [5.41, 5.74) is 7.71. The predicted molar refractivity (Wildman–Crippen MR) is 65.6 cm³/mol. The van der Waals surface area contributed by atoms with Gasteiger partial charge in [-0.2, -0.15) is 0 Å². The minimum atomic E-state index is 0.348. The van der Waals surface area contributed by atoms with E-state index >= 15 is 0 Å². The van der Waals surface area contributed by atoms with Crippen LogP contribution in [-0.4, -0.2) is 6.04 Å². The van der Waals surface area contributed by atoms with Gasteiger partial charge in [0.25, 0.3) is 0 Å². The molecule has 0 radical (unpaired) electrons. The highest BCUT2D eigenvalue weighted by Crippen LogP contribution is 2.39. The zero-order valence-electron chi connectivity index (χ0n) is 10.2. The molecular formula is C14H25N. The molecule has 0 heterocycles. The molecule has 0 aromatic carbocycles. The third-order valence-corrected chi connectivity index (χ3v) is 4.13. The van der Waals surface area contributed by atoms with E-state index in [1.54, 1.807) is 5.57 Å². The van der Waals surface area contributed by atoms with Crippen LogP contribution < -0.4 is 5.73 Å². The van der Waals surface area contributed by atoms with Gasteiger partial charge in [0.2, 0.25) is 0 Å². The Bertz CT molecular complexity index is 234. The molecule has 86 valence electrons. The van der Waals surface area contributed by atoms with Crippen LogP contribution in [0.1, 0.15) is 52.4 Å². The van der Waals surface area contributed by atoms with Crippen LogP contribution >= 0.6 is 0 Å². The first-order chi connectivity index (χ1) is 7.15. The molecule has 2 aliphatic rings. The Hall–Kier alpha value is -0.300. The van der Waals surface area contributed by atoms with Crippen LogP contribution in [0.4, 0.5) is 0 Å². The van der Waals surface area contributed by atoms with Crippen LogP contribution in [0.2, 0.25) is 0 Å². The van der Waals surface area contributed by atoms with Crippen molar-refractivity contribution in [3.8, 4) is 0 Å². The highest BCUT2D eigenvalue weighted by atomic mass is 14.6. The third kappa shape index (κ3) is 2.84. The molecular weight excluding hydrogens is 182 g/mol. The van der Waals surface area contributed by atoms with Crippen LogP contribution in [0.15, 0.2) is 11.6 Å². The van der Waals surface area contributed by atoms with Crippen molar-refractivity contribution in [3.63, 3.8) is 0 Å². The molecule has 15 heavy (non-hydrogen) atoms. The number of hydrogen-bond donors (Lipinski definition) is 1. The van der Waals surface area contributed by atoms with Crippen LogP contribution in [0, 0.1) is 17.8 Å². The first kappa shape index (κ1) is 11.2. The normalized spacial score (nSPS) is 42.5. The first-order valence-electron chi connectivity index (χ1n) is 6.61. The predicted octanol–water partition coefficient (Wildman–Crippen LogP) is 3.50. The fourth-order valence-corrected chi connectivity index (χ4v) is 3.57. The molecule has 2 rings (SSSR count). The lowest BCUT2D eigenvalue weighted by Gasteiger charge is -2.35. The maximum atomic E-state index is 6.02. The van der Waals surface area contributed by atoms with Gasteiger partial charge in [-0.1, -0.05) is 25.5 Å². The highest BCUT2D eigenvalue weighted by molar-refractivity contribution is 5.14. The summed E-state index contributed by atoms with van der Waals surface area (Å²) in [4.78, 5) is 0. The molecule has 1 saturated carbocycles. The van der Waals surface area contributed by atoms with Crippen LogP contribution in [0.3, 0.4) is 0 Å². The van der Waals surface area contributed by atoms with Gasteiger partial charge in [-0.25, -0.2) is 0 Å². The summed E-state index contributed by atoms with van der Waals surface area (Å²) >= 11 is 0. The number of rotatable bonds is 1. The molecule has 3 unspecified atom stereocenters. The molecule has 0 aliphatic heterocycles. The largest absolute Gasteiger partial charge is 0.324 e. The molecule has 0 aromatic rings. The van der Waals surface area contributed by atoms with Crippen molar-refractivity contribution in [3.05, 3.63) is 11.6 Å². The van der Waals surface area contributed by atoms with E-state index in [0.717, 1.165) is 17.8 Å². The smallest absolute Gasteiger partial charge is 0.0226 e. The lowest BCUT2D eigenvalue weighted by atomic mass is 9.71. The Labute approximate surface area is 94.1 Å². The summed E-state index contributed by atoms with van der Waals surface area (Å²) < 4.78 is 0. The molecule has 0 bridgehead atoms. The van der Waals surface area contributed by atoms with Crippen LogP contribution in [0.25, 0.3) is 0 Å². The van der Waals surface area contributed by atoms with Gasteiger partial charge in [0, 0.05) is 6.04 Å². The quantitative estimate of drug-likeness (QED) is 0.654. The lowest BCUT2D eigenvalue weighted by Crippen LogP contribution is -2.26. The minimum Gasteiger partial charge on any atom is -0.324 e. The molecule has 1 fully saturated rings. The van der Waals surface area contributed by atoms with Gasteiger partial charge in [0.05, 0.1) is 0 Å². The van der Waals surface area contributed by atoms with Gasteiger partial charge in [-0.05, 0) is 56.3 Å². The van der Waals surface area contributed by atoms with E-state index in [9.17, 15) is 0 Å². The average Bonchev–Trinajstić information content (AvgIpc) is 2.16. The third-order valence-electron chi connectivity index (χ3n) is 4.13. The zero-order chi connectivity index (χ0) is 10.8. The van der Waals surface area contributed by atoms with Crippen LogP contribution in [0.5, 0.6) is 0 Å². The second-order valence-electron chi connectivity index (χ2n) is 5.91. The van der Waals surface area contributed by atoms with Gasteiger partial charge in [-0.3, -0.25) is 0 Å². The molecule has 2 aliphatic carbocycles. The molecule has 2 N–H and O–H groups in total. The van der Waals surface area contributed by atoms with Gasteiger partial charge in [-0.15, -0.1) is 0 Å². The fourth-order valence-electron chi connectivity index (χ4n) is 3.57. The maximum absolute atomic E-state index is 6.02. The first-order valence-corrected chi connectivity index (χ1v) is 6.61. The number of hydrogen-bond acceptors (Lipinski definition) is 1. The fraction of sp³-hybridized carbons (Fsp3) is 0.857. The summed E-state index contributed by atoms with van der Waals surface area (Å²) in [5, 5.41) is 0. The van der Waals surface area contributed by atoms with E-state index in [0.29, 0.717) is 6.04 Å². The Morgan fingerprint density at radius 3 is 2.40 bits per heavy atom. The summed E-state index contributed by atoms with van der Waals surface area (Å²) in [5.74, 6) is 2.69. The second-order valence-corrected chi connectivity index (χ2v) is 5.91. The standard InChI is InChI=1S/C14H25N/c1-10-6-11(2)8-13(7-10)12-4-3-5-14(15)9-12/h9-11,13-14H,3-8,15H2,1-2H3. The Balaban J connectivity index is 2.03. The van der Waals surface area contributed by atoms with Gasteiger partial charge < -0.3 is 5.73 Å². The average molecular weight is 207 g/mol. The van der Waals surface area contributed by atoms with Gasteiger partial charge in [0.15, 0.2) is 0 Å². The summed E-state index contributed by atoms with van der Waals surface area (Å²) in [6, 6.07) is 0.348. The van der Waals surface area contributed by atoms with E-state index in [4.69, 9.17) is 5.73 Å². The van der Waals surface area contributed by atoms with Crippen molar-refractivity contribution in [1.82, 2.24) is 0 Å². The minimum absolute atomic E-state index is 0.348. The Kier molecular flexibility index (Phi) is 3.50. The molecule has 1 heteroatoms. The lowest BCUT2D eigenvalue weighted by molar-refractivity contribution is 0.238. The van der Waals surface area contributed by atoms with E-state index in [1.165, 1.54) is 38.5 Å². The summed E-state index contributed by atoms with van der Waals surface area (Å²) in [6.07, 6.45) is 10.4. The molecule has 0 amide bonds. The number of allylic oxidation sites excluding steroid dienone is 1. The summed E-state index contributed by atoms with van der Waals surface area (Å²) in [7, 11) is 0. The van der Waals surface area contributed by atoms with Crippen molar-refractivity contribution in [2.45, 2.75) is 58.4 Å². The second kappa shape index (κ2) is 4.69. The van der Waals surface area contributed by atoms with Crippen molar-refractivity contribution in [2.75, 3.05) is 0 Å². The van der Waals surface area contributed by atoms with E-state index in [-0.39, 0.29) is 0 Å². The molecule has 3 atom stereocenters. The monoisotopic (exact) mass is 207 g/mol. The topological polar surface area (TPSA) is 26.0 Å². The van der Waals surface area contributed by atoms with Gasteiger partial charge >= 0.3 is 0 Å². The van der Waals surface area contributed by atoms with Crippen molar-refractivity contribution >= 4 is 0 Å². The van der Waals surface area contributed by atoms with Crippen LogP contribution in [-0.2, 0) is 0 Å². The van der Waals surface area contributed by atoms with Crippen molar-refractivity contribution in [1.29, 1.82) is 0 Å². The zero-order valence-corrected chi connectivity index (χ0v) is 10.2. The van der Waals surface area contributed by atoms with E-state index < -0.39 is 0 Å². The molecule has 0 saturated heterocycles. The molecule has 0 aromatic heterocycles. The Morgan fingerprint density at radius 2 is 1.80 bits per heavy atom. The van der Waals surface area contributed by atoms with Gasteiger partial charge in [0.1, 0.15) is 0 Å². The van der Waals surface area contributed by atoms with Crippen molar-refractivity contribution < 1.29 is 0 Å². The number of nitrogens with two attached hydrogens (primary N) is 1. The highest BCUT2D eigenvalue weighted by Gasteiger charge is 2.27. The molecule has 0 spiro atoms. The summed E-state index contributed by atoms with van der Waals surface area (Å²) in [6.45, 7) is 4.82. The molecule has 1 nitrogen and oxygen atoms in total.